The second kappa shape index (κ2) is 6.30. The predicted molar refractivity (Wildman–Crippen MR) is 85.6 cm³/mol. The van der Waals surface area contributed by atoms with Gasteiger partial charge in [-0.3, -0.25) is 0 Å². The molecule has 2 aliphatic carbocycles. The Morgan fingerprint density at radius 3 is 2.55 bits per heavy atom. The maximum atomic E-state index is 6.06. The lowest BCUT2D eigenvalue weighted by Gasteiger charge is -2.36. The van der Waals surface area contributed by atoms with E-state index in [0.717, 1.165) is 36.1 Å². The molecule has 0 bridgehead atoms. The Balaban J connectivity index is 1.65. The van der Waals surface area contributed by atoms with E-state index in [4.69, 9.17) is 5.73 Å². The maximum absolute atomic E-state index is 6.06. The van der Waals surface area contributed by atoms with Gasteiger partial charge in [-0.1, -0.05) is 56.5 Å². The monoisotopic (exact) mass is 271 g/mol. The van der Waals surface area contributed by atoms with E-state index < -0.39 is 0 Å². The van der Waals surface area contributed by atoms with Crippen LogP contribution in [-0.2, 0) is 0 Å². The highest BCUT2D eigenvalue weighted by molar-refractivity contribution is 5.26. The van der Waals surface area contributed by atoms with E-state index >= 15 is 0 Å². The van der Waals surface area contributed by atoms with Gasteiger partial charge >= 0.3 is 0 Å². The Morgan fingerprint density at radius 2 is 1.85 bits per heavy atom. The first kappa shape index (κ1) is 14.1. The highest BCUT2D eigenvalue weighted by Crippen LogP contribution is 2.57. The first-order valence-corrected chi connectivity index (χ1v) is 8.58. The zero-order chi connectivity index (χ0) is 13.9. The van der Waals surface area contributed by atoms with Crippen LogP contribution in [0.1, 0.15) is 56.9 Å². The molecule has 0 aromatic heterocycles. The van der Waals surface area contributed by atoms with Crippen LogP contribution in [-0.4, -0.2) is 6.54 Å². The van der Waals surface area contributed by atoms with Crippen molar-refractivity contribution in [2.45, 2.75) is 51.4 Å². The SMILES string of the molecule is CCCC1CCC(CN)C(C2CC2c2ccccc2)C1. The molecule has 0 aliphatic heterocycles. The molecule has 1 heteroatoms. The third kappa shape index (κ3) is 2.93. The smallest absolute Gasteiger partial charge is 0.00461 e. The maximum Gasteiger partial charge on any atom is -0.00461 e. The molecule has 2 fully saturated rings. The van der Waals surface area contributed by atoms with Crippen molar-refractivity contribution in [2.24, 2.45) is 29.4 Å². The second-order valence-corrected chi connectivity index (χ2v) is 7.04. The molecule has 0 radical (unpaired) electrons. The van der Waals surface area contributed by atoms with Crippen molar-refractivity contribution >= 4 is 0 Å². The van der Waals surface area contributed by atoms with Gasteiger partial charge in [0.05, 0.1) is 0 Å². The van der Waals surface area contributed by atoms with Crippen LogP contribution in [0.4, 0.5) is 0 Å². The fourth-order valence-corrected chi connectivity index (χ4v) is 4.62. The van der Waals surface area contributed by atoms with E-state index in [0.29, 0.717) is 0 Å². The van der Waals surface area contributed by atoms with Crippen LogP contribution in [0.25, 0.3) is 0 Å². The molecule has 20 heavy (non-hydrogen) atoms. The molecular formula is C19H29N. The summed E-state index contributed by atoms with van der Waals surface area (Å²) >= 11 is 0. The van der Waals surface area contributed by atoms with E-state index in [9.17, 15) is 0 Å². The molecule has 2 saturated carbocycles. The summed E-state index contributed by atoms with van der Waals surface area (Å²) in [6.07, 6.45) is 8.43. The van der Waals surface area contributed by atoms with Crippen LogP contribution in [0.3, 0.4) is 0 Å². The van der Waals surface area contributed by atoms with Gasteiger partial charge in [0.15, 0.2) is 0 Å². The molecule has 1 aromatic carbocycles. The first-order chi connectivity index (χ1) is 9.83. The van der Waals surface area contributed by atoms with Gasteiger partial charge in [0, 0.05) is 0 Å². The van der Waals surface area contributed by atoms with Crippen molar-refractivity contribution in [3.05, 3.63) is 35.9 Å². The van der Waals surface area contributed by atoms with Crippen molar-refractivity contribution in [2.75, 3.05) is 6.54 Å². The highest BCUT2D eigenvalue weighted by Gasteiger charge is 2.47. The molecule has 0 heterocycles. The topological polar surface area (TPSA) is 26.0 Å². The average Bonchev–Trinajstić information content (AvgIpc) is 3.29. The van der Waals surface area contributed by atoms with E-state index in [1.165, 1.54) is 38.5 Å². The molecule has 1 aromatic rings. The fourth-order valence-electron chi connectivity index (χ4n) is 4.62. The van der Waals surface area contributed by atoms with Crippen molar-refractivity contribution in [1.82, 2.24) is 0 Å². The quantitative estimate of drug-likeness (QED) is 0.833. The van der Waals surface area contributed by atoms with Crippen LogP contribution in [0, 0.1) is 23.7 Å². The molecule has 2 aliphatic rings. The van der Waals surface area contributed by atoms with Crippen LogP contribution in [0.15, 0.2) is 30.3 Å². The lowest BCUT2D eigenvalue weighted by Crippen LogP contribution is -2.32. The van der Waals surface area contributed by atoms with Crippen LogP contribution in [0.5, 0.6) is 0 Å². The highest BCUT2D eigenvalue weighted by atomic mass is 14.6. The van der Waals surface area contributed by atoms with Gasteiger partial charge in [-0.25, -0.2) is 0 Å². The minimum atomic E-state index is 0.793. The average molecular weight is 271 g/mol. The van der Waals surface area contributed by atoms with Gasteiger partial charge in [-0.2, -0.15) is 0 Å². The lowest BCUT2D eigenvalue weighted by molar-refractivity contribution is 0.154. The fraction of sp³-hybridized carbons (Fsp3) is 0.684. The number of rotatable bonds is 5. The summed E-state index contributed by atoms with van der Waals surface area (Å²) in [5, 5.41) is 0. The zero-order valence-corrected chi connectivity index (χ0v) is 12.8. The van der Waals surface area contributed by atoms with E-state index in [-0.39, 0.29) is 0 Å². The lowest BCUT2D eigenvalue weighted by atomic mass is 9.70. The summed E-state index contributed by atoms with van der Waals surface area (Å²) in [7, 11) is 0. The molecule has 3 rings (SSSR count). The molecule has 0 amide bonds. The Morgan fingerprint density at radius 1 is 1.05 bits per heavy atom. The summed E-state index contributed by atoms with van der Waals surface area (Å²) in [6.45, 7) is 3.23. The van der Waals surface area contributed by atoms with E-state index in [1.54, 1.807) is 5.56 Å². The van der Waals surface area contributed by atoms with Crippen molar-refractivity contribution in [1.29, 1.82) is 0 Å². The number of hydrogen-bond donors (Lipinski definition) is 1. The number of hydrogen-bond acceptors (Lipinski definition) is 1. The zero-order valence-electron chi connectivity index (χ0n) is 12.8. The molecular weight excluding hydrogens is 242 g/mol. The van der Waals surface area contributed by atoms with Crippen LogP contribution < -0.4 is 5.73 Å². The number of nitrogens with two attached hydrogens (primary N) is 1. The van der Waals surface area contributed by atoms with Crippen molar-refractivity contribution in [3.8, 4) is 0 Å². The van der Waals surface area contributed by atoms with Gasteiger partial charge in [0.25, 0.3) is 0 Å². The van der Waals surface area contributed by atoms with Gasteiger partial charge in [0.1, 0.15) is 0 Å². The molecule has 110 valence electrons. The summed E-state index contributed by atoms with van der Waals surface area (Å²) < 4.78 is 0. The minimum absolute atomic E-state index is 0.793. The molecule has 2 N–H and O–H groups in total. The molecule has 0 saturated heterocycles. The van der Waals surface area contributed by atoms with Crippen molar-refractivity contribution < 1.29 is 0 Å². The van der Waals surface area contributed by atoms with Crippen molar-refractivity contribution in [3.63, 3.8) is 0 Å². The second-order valence-electron chi connectivity index (χ2n) is 7.04. The Bertz CT molecular complexity index is 413. The molecule has 5 unspecified atom stereocenters. The Hall–Kier alpha value is -0.820. The Labute approximate surface area is 124 Å². The van der Waals surface area contributed by atoms with Gasteiger partial charge in [0.2, 0.25) is 0 Å². The van der Waals surface area contributed by atoms with E-state index in [1.807, 2.05) is 0 Å². The normalized spacial score (nSPS) is 36.8. The largest absolute Gasteiger partial charge is 0.330 e. The molecule has 5 atom stereocenters. The summed E-state index contributed by atoms with van der Waals surface area (Å²) in [5.41, 5.74) is 7.62. The minimum Gasteiger partial charge on any atom is -0.330 e. The molecule has 1 nitrogen and oxygen atoms in total. The standard InChI is InChI=1S/C19H29N/c1-2-6-14-9-10-16(13-20)17(11-14)19-12-18(19)15-7-4-3-5-8-15/h3-5,7-8,14,16-19H,2,6,9-13,20H2,1H3. The van der Waals surface area contributed by atoms with Gasteiger partial charge in [-0.15, -0.1) is 0 Å². The number of benzene rings is 1. The van der Waals surface area contributed by atoms with E-state index in [2.05, 4.69) is 37.3 Å². The predicted octanol–water partition coefficient (Wildman–Crippen LogP) is 4.58. The summed E-state index contributed by atoms with van der Waals surface area (Å²) in [5.74, 6) is 4.42. The molecule has 0 spiro atoms. The van der Waals surface area contributed by atoms with Crippen LogP contribution >= 0.6 is 0 Å². The third-order valence-electron chi connectivity index (χ3n) is 5.77. The van der Waals surface area contributed by atoms with Gasteiger partial charge < -0.3 is 5.73 Å². The Kier molecular flexibility index (Phi) is 4.45. The van der Waals surface area contributed by atoms with Gasteiger partial charge in [-0.05, 0) is 61.0 Å². The summed E-state index contributed by atoms with van der Waals surface area (Å²) in [6, 6.07) is 11.1. The van der Waals surface area contributed by atoms with Crippen LogP contribution in [0.2, 0.25) is 0 Å². The summed E-state index contributed by atoms with van der Waals surface area (Å²) in [4.78, 5) is 0. The third-order valence-corrected chi connectivity index (χ3v) is 5.77. The first-order valence-electron chi connectivity index (χ1n) is 8.58.